The highest BCUT2D eigenvalue weighted by Gasteiger charge is 2.44. The summed E-state index contributed by atoms with van der Waals surface area (Å²) in [7, 11) is 0. The number of aliphatic hydroxyl groups is 5. The summed E-state index contributed by atoms with van der Waals surface area (Å²) < 4.78 is 11.1. The minimum Gasteiger partial charge on any atom is -0.394 e. The number of nitrogens with one attached hydrogen (secondary N) is 1. The van der Waals surface area contributed by atoms with Crippen molar-refractivity contribution in [2.75, 3.05) is 13.2 Å². The average Bonchev–Trinajstić information content (AvgIpc) is 2.97. The van der Waals surface area contributed by atoms with Gasteiger partial charge in [-0.25, -0.2) is 0 Å². The summed E-state index contributed by atoms with van der Waals surface area (Å²) in [4.78, 5) is 12.7. The first-order valence-corrected chi connectivity index (χ1v) is 16.7. The molecule has 9 heteroatoms. The van der Waals surface area contributed by atoms with Gasteiger partial charge in [0.05, 0.1) is 25.4 Å². The minimum absolute atomic E-state index is 0.134. The summed E-state index contributed by atoms with van der Waals surface area (Å²) in [6.07, 6.45) is 14.1. The molecule has 1 heterocycles. The van der Waals surface area contributed by atoms with Crippen molar-refractivity contribution >= 4 is 5.91 Å². The summed E-state index contributed by atoms with van der Waals surface area (Å²) >= 11 is 0. The molecule has 0 bridgehead atoms. The Labute approximate surface area is 249 Å². The molecule has 0 aromatic heterocycles. The van der Waals surface area contributed by atoms with Crippen molar-refractivity contribution in [3.05, 3.63) is 0 Å². The fourth-order valence-corrected chi connectivity index (χ4v) is 5.39. The summed E-state index contributed by atoms with van der Waals surface area (Å²) in [5.41, 5.74) is 0. The standard InChI is InChI=1S/C32H63NO8/c1-3-5-7-9-11-13-15-17-19-21-26(35)25(24-40-32-31(39)30(38)29(37)27(23-34)41-32)33-28(36)22-20-18-16-14-12-10-8-6-4-2/h25-27,29-32,34-35,37-39H,3-24H2,1-2H3,(H,33,36)/t25-,26+,27+,29-,30?,31?,32+/m0/s1. The largest absolute Gasteiger partial charge is 0.394 e. The normalized spacial score (nSPS) is 24.3. The van der Waals surface area contributed by atoms with Crippen LogP contribution in [0.15, 0.2) is 0 Å². The molecule has 2 unspecified atom stereocenters. The van der Waals surface area contributed by atoms with Crippen molar-refractivity contribution in [2.45, 2.75) is 185 Å². The van der Waals surface area contributed by atoms with Crippen LogP contribution in [0.3, 0.4) is 0 Å². The second-order valence-electron chi connectivity index (χ2n) is 12.0. The third kappa shape index (κ3) is 17.2. The van der Waals surface area contributed by atoms with Gasteiger partial charge in [-0.2, -0.15) is 0 Å². The van der Waals surface area contributed by atoms with Crippen LogP contribution in [0.4, 0.5) is 0 Å². The Morgan fingerprint density at radius 1 is 0.732 bits per heavy atom. The lowest BCUT2D eigenvalue weighted by atomic mass is 9.99. The zero-order chi connectivity index (χ0) is 30.3. The van der Waals surface area contributed by atoms with Crippen LogP contribution in [0.2, 0.25) is 0 Å². The van der Waals surface area contributed by atoms with Crippen molar-refractivity contribution in [3.63, 3.8) is 0 Å². The third-order valence-electron chi connectivity index (χ3n) is 8.21. The SMILES string of the molecule is CCCCCCCCCCCC(=O)N[C@@H](CO[C@@H]1O[C@H](CO)[C@H](O)C(O)C1O)[C@H](O)CCCCCCCCCCC. The van der Waals surface area contributed by atoms with Crippen LogP contribution in [-0.2, 0) is 14.3 Å². The molecule has 0 spiro atoms. The fourth-order valence-electron chi connectivity index (χ4n) is 5.39. The number of rotatable bonds is 26. The van der Waals surface area contributed by atoms with Crippen LogP contribution in [0.5, 0.6) is 0 Å². The predicted molar refractivity (Wildman–Crippen MR) is 161 cm³/mol. The molecule has 0 radical (unpaired) electrons. The molecule has 244 valence electrons. The van der Waals surface area contributed by atoms with Gasteiger partial charge in [-0.15, -0.1) is 0 Å². The lowest BCUT2D eigenvalue weighted by Crippen LogP contribution is -2.60. The Kier molecular flexibility index (Phi) is 22.9. The molecule has 0 saturated carbocycles. The summed E-state index contributed by atoms with van der Waals surface area (Å²) in [5, 5.41) is 53.7. The van der Waals surface area contributed by atoms with E-state index in [2.05, 4.69) is 19.2 Å². The maximum absolute atomic E-state index is 12.7. The van der Waals surface area contributed by atoms with Gasteiger partial charge in [-0.1, -0.05) is 123 Å². The molecule has 1 aliphatic rings. The highest BCUT2D eigenvalue weighted by Crippen LogP contribution is 2.23. The van der Waals surface area contributed by atoms with Gasteiger partial charge in [-0.05, 0) is 12.8 Å². The number of carbonyl (C=O) groups excluding carboxylic acids is 1. The van der Waals surface area contributed by atoms with Crippen molar-refractivity contribution < 1.29 is 39.8 Å². The molecule has 6 N–H and O–H groups in total. The number of amides is 1. The first-order valence-electron chi connectivity index (χ1n) is 16.7. The Bertz CT molecular complexity index is 623. The summed E-state index contributed by atoms with van der Waals surface area (Å²) in [5.74, 6) is -0.151. The average molecular weight is 590 g/mol. The molecule has 1 aliphatic heterocycles. The predicted octanol–water partition coefficient (Wildman–Crippen LogP) is 4.49. The van der Waals surface area contributed by atoms with E-state index in [0.717, 1.165) is 38.5 Å². The minimum atomic E-state index is -1.54. The van der Waals surface area contributed by atoms with Gasteiger partial charge >= 0.3 is 0 Å². The van der Waals surface area contributed by atoms with E-state index >= 15 is 0 Å². The second-order valence-corrected chi connectivity index (χ2v) is 12.0. The molecule has 9 nitrogen and oxygen atoms in total. The number of aliphatic hydroxyl groups excluding tert-OH is 5. The Morgan fingerprint density at radius 2 is 1.22 bits per heavy atom. The smallest absolute Gasteiger partial charge is 0.220 e. The Balaban J connectivity index is 2.50. The number of hydrogen-bond acceptors (Lipinski definition) is 8. The molecular formula is C32H63NO8. The summed E-state index contributed by atoms with van der Waals surface area (Å²) in [6.45, 7) is 3.75. The van der Waals surface area contributed by atoms with Gasteiger partial charge < -0.3 is 40.3 Å². The van der Waals surface area contributed by atoms with Crippen molar-refractivity contribution in [1.82, 2.24) is 5.32 Å². The molecule has 1 rings (SSSR count). The number of ether oxygens (including phenoxy) is 2. The topological polar surface area (TPSA) is 149 Å². The lowest BCUT2D eigenvalue weighted by Gasteiger charge is -2.40. The van der Waals surface area contributed by atoms with E-state index in [0.29, 0.717) is 12.8 Å². The van der Waals surface area contributed by atoms with Crippen molar-refractivity contribution in [2.24, 2.45) is 0 Å². The molecule has 7 atom stereocenters. The van der Waals surface area contributed by atoms with Crippen molar-refractivity contribution in [1.29, 1.82) is 0 Å². The first-order chi connectivity index (χ1) is 19.8. The zero-order valence-corrected chi connectivity index (χ0v) is 26.1. The van der Waals surface area contributed by atoms with E-state index in [4.69, 9.17) is 9.47 Å². The third-order valence-corrected chi connectivity index (χ3v) is 8.21. The quantitative estimate of drug-likeness (QED) is 0.0809. The fraction of sp³-hybridized carbons (Fsp3) is 0.969. The van der Waals surface area contributed by atoms with Crippen LogP contribution in [0.25, 0.3) is 0 Å². The maximum atomic E-state index is 12.7. The van der Waals surface area contributed by atoms with Gasteiger partial charge in [0.1, 0.15) is 24.4 Å². The monoisotopic (exact) mass is 589 g/mol. The van der Waals surface area contributed by atoms with E-state index in [9.17, 15) is 30.3 Å². The van der Waals surface area contributed by atoms with Gasteiger partial charge in [0, 0.05) is 6.42 Å². The van der Waals surface area contributed by atoms with Crippen LogP contribution < -0.4 is 5.32 Å². The summed E-state index contributed by atoms with van der Waals surface area (Å²) in [6, 6.07) is -0.706. The Hall–Kier alpha value is -0.810. The molecule has 1 saturated heterocycles. The van der Waals surface area contributed by atoms with E-state index in [1.165, 1.54) is 77.0 Å². The molecule has 0 aromatic rings. The highest BCUT2D eigenvalue weighted by atomic mass is 16.7. The van der Waals surface area contributed by atoms with Crippen LogP contribution in [-0.4, -0.2) is 87.5 Å². The van der Waals surface area contributed by atoms with E-state index in [-0.39, 0.29) is 12.5 Å². The molecule has 41 heavy (non-hydrogen) atoms. The highest BCUT2D eigenvalue weighted by molar-refractivity contribution is 5.76. The van der Waals surface area contributed by atoms with E-state index < -0.39 is 49.5 Å². The molecule has 1 amide bonds. The number of carbonyl (C=O) groups is 1. The number of unbranched alkanes of at least 4 members (excludes halogenated alkanes) is 16. The van der Waals surface area contributed by atoms with Crippen molar-refractivity contribution in [3.8, 4) is 0 Å². The van der Waals surface area contributed by atoms with Gasteiger partial charge in [-0.3, -0.25) is 4.79 Å². The second kappa shape index (κ2) is 24.6. The van der Waals surface area contributed by atoms with Crippen LogP contribution >= 0.6 is 0 Å². The van der Waals surface area contributed by atoms with E-state index in [1.807, 2.05) is 0 Å². The zero-order valence-electron chi connectivity index (χ0n) is 26.1. The first kappa shape index (κ1) is 38.2. The van der Waals surface area contributed by atoms with Crippen LogP contribution in [0.1, 0.15) is 142 Å². The van der Waals surface area contributed by atoms with Gasteiger partial charge in [0.15, 0.2) is 6.29 Å². The van der Waals surface area contributed by atoms with E-state index in [1.54, 1.807) is 0 Å². The number of hydrogen-bond donors (Lipinski definition) is 6. The van der Waals surface area contributed by atoms with Gasteiger partial charge in [0.25, 0.3) is 0 Å². The molecular weight excluding hydrogens is 526 g/mol. The molecule has 1 fully saturated rings. The Morgan fingerprint density at radius 3 is 1.73 bits per heavy atom. The molecule has 0 aliphatic carbocycles. The lowest BCUT2D eigenvalue weighted by molar-refractivity contribution is -0.302. The van der Waals surface area contributed by atoms with Gasteiger partial charge in [0.2, 0.25) is 5.91 Å². The van der Waals surface area contributed by atoms with Crippen LogP contribution in [0, 0.1) is 0 Å². The maximum Gasteiger partial charge on any atom is 0.220 e. The molecule has 0 aromatic carbocycles.